The molecule has 2 rings (SSSR count). The van der Waals surface area contributed by atoms with E-state index in [-0.39, 0.29) is 5.91 Å². The first-order valence-corrected chi connectivity index (χ1v) is 5.40. The number of amides is 1. The highest BCUT2D eigenvalue weighted by Crippen LogP contribution is 2.26. The Morgan fingerprint density at radius 1 is 1.39 bits per heavy atom. The molecule has 5 heteroatoms. The van der Waals surface area contributed by atoms with Crippen molar-refractivity contribution in [2.45, 2.75) is 0 Å². The summed E-state index contributed by atoms with van der Waals surface area (Å²) in [5.41, 5.74) is 6.65. The molecule has 3 N–H and O–H groups in total. The van der Waals surface area contributed by atoms with Gasteiger partial charge in [0.15, 0.2) is 0 Å². The fraction of sp³-hybridized carbons (Fsp3) is 0.0769. The smallest absolute Gasteiger partial charge is 0.254 e. The van der Waals surface area contributed by atoms with Crippen LogP contribution in [-0.4, -0.2) is 17.9 Å². The summed E-state index contributed by atoms with van der Waals surface area (Å²) in [5, 5.41) is 2.55. The minimum Gasteiger partial charge on any atom is -0.455 e. The van der Waals surface area contributed by atoms with E-state index in [0.29, 0.717) is 22.7 Å². The van der Waals surface area contributed by atoms with Crippen LogP contribution in [0.3, 0.4) is 0 Å². The summed E-state index contributed by atoms with van der Waals surface area (Å²) in [5.74, 6) is 0.726. The van der Waals surface area contributed by atoms with Gasteiger partial charge >= 0.3 is 0 Å². The number of nitrogens with zero attached hydrogens (tertiary/aromatic N) is 1. The number of ether oxygens (including phenoxy) is 1. The standard InChI is InChI=1S/C13H13N3O2/c1-15-13(17)11-5-4-9(14)7-12(11)18-10-3-2-6-16-8-10/h2-8H,14H2,1H3,(H,15,17). The number of rotatable bonds is 3. The van der Waals surface area contributed by atoms with E-state index in [2.05, 4.69) is 10.3 Å². The van der Waals surface area contributed by atoms with Crippen molar-refractivity contribution < 1.29 is 9.53 Å². The van der Waals surface area contributed by atoms with Gasteiger partial charge in [-0.2, -0.15) is 0 Å². The Balaban J connectivity index is 2.36. The van der Waals surface area contributed by atoms with E-state index < -0.39 is 0 Å². The molecule has 0 atom stereocenters. The predicted octanol–water partition coefficient (Wildman–Crippen LogP) is 1.82. The zero-order chi connectivity index (χ0) is 13.0. The summed E-state index contributed by atoms with van der Waals surface area (Å²) < 4.78 is 5.61. The molecule has 0 aliphatic carbocycles. The lowest BCUT2D eigenvalue weighted by molar-refractivity contribution is 0.0961. The number of nitrogen functional groups attached to an aromatic ring is 1. The van der Waals surface area contributed by atoms with Gasteiger partial charge in [0.2, 0.25) is 0 Å². The first-order valence-electron chi connectivity index (χ1n) is 5.40. The van der Waals surface area contributed by atoms with Crippen molar-refractivity contribution in [3.8, 4) is 11.5 Å². The zero-order valence-electron chi connectivity index (χ0n) is 9.88. The van der Waals surface area contributed by atoms with Crippen LogP contribution in [0, 0.1) is 0 Å². The van der Waals surface area contributed by atoms with Gasteiger partial charge in [-0.3, -0.25) is 9.78 Å². The molecule has 0 saturated heterocycles. The first-order chi connectivity index (χ1) is 8.70. The van der Waals surface area contributed by atoms with Crippen LogP contribution < -0.4 is 15.8 Å². The molecule has 1 aromatic carbocycles. The second-order valence-electron chi connectivity index (χ2n) is 3.63. The molecular weight excluding hydrogens is 230 g/mol. The number of anilines is 1. The van der Waals surface area contributed by atoms with Gasteiger partial charge in [0, 0.05) is 25.0 Å². The number of carbonyl (C=O) groups excluding carboxylic acids is 1. The molecule has 5 nitrogen and oxygen atoms in total. The Morgan fingerprint density at radius 3 is 2.89 bits per heavy atom. The maximum absolute atomic E-state index is 11.7. The summed E-state index contributed by atoms with van der Waals surface area (Å²) in [6.07, 6.45) is 3.21. The molecule has 0 radical (unpaired) electrons. The van der Waals surface area contributed by atoms with E-state index in [1.807, 2.05) is 0 Å². The molecule has 0 aliphatic heterocycles. The third kappa shape index (κ3) is 2.57. The molecule has 0 bridgehead atoms. The fourth-order valence-electron chi connectivity index (χ4n) is 1.48. The lowest BCUT2D eigenvalue weighted by atomic mass is 10.1. The molecule has 0 fully saturated rings. The SMILES string of the molecule is CNC(=O)c1ccc(N)cc1Oc1cccnc1. The van der Waals surface area contributed by atoms with E-state index in [4.69, 9.17) is 10.5 Å². The van der Waals surface area contributed by atoms with E-state index in [1.54, 1.807) is 49.8 Å². The average Bonchev–Trinajstić information content (AvgIpc) is 2.39. The van der Waals surface area contributed by atoms with Crippen LogP contribution in [0.2, 0.25) is 0 Å². The summed E-state index contributed by atoms with van der Waals surface area (Å²) in [4.78, 5) is 15.6. The van der Waals surface area contributed by atoms with Crippen LogP contribution >= 0.6 is 0 Å². The number of hydrogen-bond acceptors (Lipinski definition) is 4. The molecule has 2 aromatic rings. The summed E-state index contributed by atoms with van der Waals surface area (Å²) in [6, 6.07) is 8.39. The Labute approximate surface area is 105 Å². The van der Waals surface area contributed by atoms with Gasteiger partial charge in [-0.05, 0) is 24.3 Å². The van der Waals surface area contributed by atoms with Crippen LogP contribution in [0.15, 0.2) is 42.7 Å². The number of nitrogens with one attached hydrogen (secondary N) is 1. The number of pyridine rings is 1. The van der Waals surface area contributed by atoms with Crippen molar-refractivity contribution in [1.82, 2.24) is 10.3 Å². The highest BCUT2D eigenvalue weighted by Gasteiger charge is 2.12. The third-order valence-electron chi connectivity index (χ3n) is 2.34. The van der Waals surface area contributed by atoms with Crippen LogP contribution in [0.5, 0.6) is 11.5 Å². The predicted molar refractivity (Wildman–Crippen MR) is 68.6 cm³/mol. The molecule has 0 spiro atoms. The Bertz CT molecular complexity index is 555. The van der Waals surface area contributed by atoms with Crippen molar-refractivity contribution >= 4 is 11.6 Å². The number of nitrogens with two attached hydrogens (primary N) is 1. The van der Waals surface area contributed by atoms with Crippen LogP contribution in [-0.2, 0) is 0 Å². The van der Waals surface area contributed by atoms with Crippen molar-refractivity contribution in [3.05, 3.63) is 48.3 Å². The Kier molecular flexibility index (Phi) is 3.43. The van der Waals surface area contributed by atoms with Gasteiger partial charge in [-0.1, -0.05) is 0 Å². The van der Waals surface area contributed by atoms with E-state index in [9.17, 15) is 4.79 Å². The fourth-order valence-corrected chi connectivity index (χ4v) is 1.48. The Morgan fingerprint density at radius 2 is 2.22 bits per heavy atom. The normalized spacial score (nSPS) is 9.83. The third-order valence-corrected chi connectivity index (χ3v) is 2.34. The average molecular weight is 243 g/mol. The number of aromatic nitrogens is 1. The highest BCUT2D eigenvalue weighted by atomic mass is 16.5. The van der Waals surface area contributed by atoms with E-state index in [1.165, 1.54) is 0 Å². The molecule has 0 unspecified atom stereocenters. The second-order valence-corrected chi connectivity index (χ2v) is 3.63. The second kappa shape index (κ2) is 5.18. The van der Waals surface area contributed by atoms with Crippen molar-refractivity contribution in [1.29, 1.82) is 0 Å². The minimum absolute atomic E-state index is 0.228. The summed E-state index contributed by atoms with van der Waals surface area (Å²) in [6.45, 7) is 0. The molecule has 1 heterocycles. The van der Waals surface area contributed by atoms with Gasteiger partial charge in [0.1, 0.15) is 11.5 Å². The maximum Gasteiger partial charge on any atom is 0.254 e. The minimum atomic E-state index is -0.228. The Hall–Kier alpha value is -2.56. The van der Waals surface area contributed by atoms with Gasteiger partial charge in [0.05, 0.1) is 11.8 Å². The van der Waals surface area contributed by atoms with Crippen LogP contribution in [0.4, 0.5) is 5.69 Å². The molecule has 0 aliphatic rings. The van der Waals surface area contributed by atoms with E-state index >= 15 is 0 Å². The molecule has 92 valence electrons. The summed E-state index contributed by atoms with van der Waals surface area (Å²) >= 11 is 0. The lowest BCUT2D eigenvalue weighted by Crippen LogP contribution is -2.18. The molecule has 1 amide bonds. The monoisotopic (exact) mass is 243 g/mol. The number of hydrogen-bond donors (Lipinski definition) is 2. The number of benzene rings is 1. The molecule has 0 saturated carbocycles. The van der Waals surface area contributed by atoms with Crippen molar-refractivity contribution in [3.63, 3.8) is 0 Å². The van der Waals surface area contributed by atoms with Crippen LogP contribution in [0.1, 0.15) is 10.4 Å². The first kappa shape index (κ1) is 11.9. The van der Waals surface area contributed by atoms with Gasteiger partial charge in [-0.15, -0.1) is 0 Å². The van der Waals surface area contributed by atoms with E-state index in [0.717, 1.165) is 0 Å². The maximum atomic E-state index is 11.7. The highest BCUT2D eigenvalue weighted by molar-refractivity contribution is 5.97. The van der Waals surface area contributed by atoms with Crippen molar-refractivity contribution in [2.75, 3.05) is 12.8 Å². The molecular formula is C13H13N3O2. The number of carbonyl (C=O) groups is 1. The quantitative estimate of drug-likeness (QED) is 0.806. The lowest BCUT2D eigenvalue weighted by Gasteiger charge is -2.10. The van der Waals surface area contributed by atoms with Gasteiger partial charge in [0.25, 0.3) is 5.91 Å². The van der Waals surface area contributed by atoms with Crippen molar-refractivity contribution in [2.24, 2.45) is 0 Å². The topological polar surface area (TPSA) is 77.2 Å². The van der Waals surface area contributed by atoms with Gasteiger partial charge < -0.3 is 15.8 Å². The molecule has 1 aromatic heterocycles. The summed E-state index contributed by atoms with van der Waals surface area (Å²) in [7, 11) is 1.56. The molecule has 18 heavy (non-hydrogen) atoms. The van der Waals surface area contributed by atoms with Gasteiger partial charge in [-0.25, -0.2) is 0 Å². The van der Waals surface area contributed by atoms with Crippen LogP contribution in [0.25, 0.3) is 0 Å². The largest absolute Gasteiger partial charge is 0.455 e. The zero-order valence-corrected chi connectivity index (χ0v) is 9.88.